The van der Waals surface area contributed by atoms with Crippen LogP contribution in [0, 0.1) is 0 Å². The van der Waals surface area contributed by atoms with E-state index in [0.717, 1.165) is 128 Å². The molecule has 0 fully saturated rings. The molecular formula is C90H183Cl4N9O18+2. The molecule has 31 heteroatoms. The molecular weight excluding hydrogens is 1640 g/mol. The van der Waals surface area contributed by atoms with Gasteiger partial charge >= 0.3 is 35.8 Å². The van der Waals surface area contributed by atoms with Crippen LogP contribution in [0.3, 0.4) is 0 Å². The Hall–Kier alpha value is -4.84. The molecule has 0 aromatic heterocycles. The first-order valence-corrected chi connectivity index (χ1v) is 45.6. The predicted molar refractivity (Wildman–Crippen MR) is 463 cm³/mol. The Kier molecular flexibility index (Phi) is 115. The van der Waals surface area contributed by atoms with E-state index >= 15 is 0 Å². The number of amides is 3. The molecule has 0 aromatic carbocycles. The van der Waals surface area contributed by atoms with Crippen molar-refractivity contribution in [2.24, 2.45) is 0 Å². The van der Waals surface area contributed by atoms with Crippen molar-refractivity contribution in [1.82, 2.24) is 16.0 Å². The molecule has 0 aliphatic rings. The van der Waals surface area contributed by atoms with Crippen molar-refractivity contribution in [3.63, 3.8) is 0 Å². The summed E-state index contributed by atoms with van der Waals surface area (Å²) in [5, 5.41) is 7.92. The van der Waals surface area contributed by atoms with E-state index in [1.54, 1.807) is 0 Å². The lowest BCUT2D eigenvalue weighted by molar-refractivity contribution is -0.368. The number of ether oxygens (including phenoxy) is 6. The van der Waals surface area contributed by atoms with Crippen LogP contribution in [0.25, 0.3) is 0 Å². The molecule has 0 aliphatic carbocycles. The number of halogens is 4. The van der Waals surface area contributed by atoms with Gasteiger partial charge < -0.3 is 128 Å². The molecule has 0 spiro atoms. The third-order valence-corrected chi connectivity index (χ3v) is 19.5. The fraction of sp³-hybridized carbons (Fsp3) is 0.867. The summed E-state index contributed by atoms with van der Waals surface area (Å²) in [4.78, 5) is 154. The lowest BCUT2D eigenvalue weighted by Gasteiger charge is -2.25. The molecule has 121 heavy (non-hydrogen) atoms. The zero-order valence-electron chi connectivity index (χ0n) is 74.6. The number of nitrogens with one attached hydrogen (secondary N) is 3. The monoisotopic (exact) mass is 1820 g/mol. The minimum Gasteiger partial charge on any atom is -1.00 e. The molecule has 21 N–H and O–H groups in total. The molecule has 722 valence electrons. The van der Waals surface area contributed by atoms with Gasteiger partial charge in [0.2, 0.25) is 36.6 Å². The van der Waals surface area contributed by atoms with Crippen LogP contribution in [0.15, 0.2) is 0 Å². The molecule has 3 amide bonds. The number of hydrogen-bond donors (Lipinski definition) is 9. The average Bonchev–Trinajstić information content (AvgIpc) is 0.860. The van der Waals surface area contributed by atoms with Crippen LogP contribution in [0.1, 0.15) is 411 Å². The normalized spacial score (nSPS) is 11.8. The van der Waals surface area contributed by atoms with Crippen molar-refractivity contribution >= 4 is 70.9 Å². The number of esters is 6. The fourth-order valence-corrected chi connectivity index (χ4v) is 12.5. The molecule has 0 aromatic rings. The first-order valence-electron chi connectivity index (χ1n) is 45.6. The van der Waals surface area contributed by atoms with E-state index in [4.69, 9.17) is 28.4 Å². The summed E-state index contributed by atoms with van der Waals surface area (Å²) < 4.78 is 33.1. The molecule has 0 aliphatic heterocycles. The maximum Gasteiger partial charge on any atom is 0.306 e. The van der Waals surface area contributed by atoms with E-state index in [0.29, 0.717) is 97.1 Å². The summed E-state index contributed by atoms with van der Waals surface area (Å²) in [5.41, 5.74) is 22.4. The number of rotatable bonds is 78. The highest BCUT2D eigenvalue weighted by Crippen LogP contribution is 2.22. The number of hydrogen-bond acceptors (Lipinski definition) is 18. The third kappa shape index (κ3) is 83.2. The van der Waals surface area contributed by atoms with E-state index in [2.05, 4.69) is 91.9 Å². The smallest absolute Gasteiger partial charge is 0.306 e. The van der Waals surface area contributed by atoms with Crippen LogP contribution in [0.5, 0.6) is 0 Å². The Morgan fingerprint density at radius 1 is 0.198 bits per heavy atom. The molecule has 0 unspecified atom stereocenters. The summed E-state index contributed by atoms with van der Waals surface area (Å²) in [5.74, 6) is -6.57. The Morgan fingerprint density at radius 2 is 0.339 bits per heavy atom. The second-order valence-corrected chi connectivity index (χ2v) is 30.4. The Balaban J connectivity index is -0.000000186. The van der Waals surface area contributed by atoms with Crippen molar-refractivity contribution in [2.75, 3.05) is 58.9 Å². The predicted octanol–water partition coefficient (Wildman–Crippen LogP) is -0.954. The summed E-state index contributed by atoms with van der Waals surface area (Å²) >= 11 is 0. The minimum atomic E-state index is -1.51. The first-order chi connectivity index (χ1) is 55.2. The lowest BCUT2D eigenvalue weighted by Crippen LogP contribution is -3.00. The van der Waals surface area contributed by atoms with Crippen LogP contribution in [-0.4, -0.2) is 166 Å². The van der Waals surface area contributed by atoms with Crippen molar-refractivity contribution in [2.45, 2.75) is 447 Å². The van der Waals surface area contributed by atoms with Gasteiger partial charge in [-0.3, -0.25) is 57.5 Å². The largest absolute Gasteiger partial charge is 1.00 e. The Morgan fingerprint density at radius 3 is 0.479 bits per heavy atom. The van der Waals surface area contributed by atoms with Gasteiger partial charge in [0.1, 0.15) is 0 Å². The van der Waals surface area contributed by atoms with Gasteiger partial charge in [-0.05, 0) is 38.5 Å². The van der Waals surface area contributed by atoms with Gasteiger partial charge in [0.25, 0.3) is 17.7 Å². The molecule has 0 radical (unpaired) electrons. The second-order valence-electron chi connectivity index (χ2n) is 30.4. The van der Waals surface area contributed by atoms with Crippen LogP contribution in [0.4, 0.5) is 0 Å². The van der Waals surface area contributed by atoms with Gasteiger partial charge in [0.15, 0.2) is 17.3 Å². The van der Waals surface area contributed by atoms with Crippen LogP contribution < -0.4 is 100.0 Å². The third-order valence-electron chi connectivity index (χ3n) is 19.5. The molecule has 0 heterocycles. The summed E-state index contributed by atoms with van der Waals surface area (Å²) in [6.07, 6.45) is 38.0. The van der Waals surface area contributed by atoms with Crippen molar-refractivity contribution in [3.05, 3.63) is 0 Å². The van der Waals surface area contributed by atoms with Crippen LogP contribution in [-0.2, 0) is 86.0 Å². The van der Waals surface area contributed by atoms with Gasteiger partial charge in [-0.25, -0.2) is 0 Å². The van der Waals surface area contributed by atoms with E-state index in [9.17, 15) is 57.5 Å². The van der Waals surface area contributed by atoms with E-state index in [1.165, 1.54) is 103 Å². The quantitative estimate of drug-likeness (QED) is 0.0201. The molecule has 0 rings (SSSR count). The molecule has 0 bridgehead atoms. The highest BCUT2D eigenvalue weighted by Gasteiger charge is 2.42. The summed E-state index contributed by atoms with van der Waals surface area (Å²) in [6, 6.07) is 0. The lowest BCUT2D eigenvalue weighted by atomic mass is 10.0. The number of unbranched alkanes of at least 4 members (excludes halogenated alkanes) is 36. The number of carbonyl (C=O) groups excluding carboxylic acids is 12. The number of carbonyl (C=O) groups is 12. The van der Waals surface area contributed by atoms with E-state index in [1.807, 2.05) is 0 Å². The Labute approximate surface area is 758 Å². The standard InChI is InChI=1S/C33H63N3O6.C29H55N3O6.C25H47N3O6.3CH4.4ClH/c1-3-5-7-9-11-13-15-17-19-23-29(38)41-31(28(37)22-21-25-34)32(33(40)36-27-26-35)42-30(39)24-20-18-16-14-12-10-8-6-4-2;1-3-5-7-9-11-13-15-19-25(34)37-27(24(33)18-17-21-30)28(29(36)32-23-22-31)38-26(35)20-16-14-12-10-8-6-4-2;1-3-5-7-9-11-15-21(30)33-23(20(29)14-13-17-26)24(25(32)28-19-18-27)34-22(31)16-12-10-8-6-4-2;;;;;;;/h31-32H,3-27,34-35H2,1-2H3,(H,36,40);27-28H,3-23,30-31H2,1-2H3,(H,32,36);23-24H,3-19,26-27H2,1-2H3,(H,28,32);3*1H4;4*1H/p+2/t31-,32+;27-,28+;23-,24+;;;;;;;/m000......./s1. The van der Waals surface area contributed by atoms with E-state index < -0.39 is 108 Å². The number of ketones is 3. The summed E-state index contributed by atoms with van der Waals surface area (Å²) in [7, 11) is 0. The zero-order valence-corrected chi connectivity index (χ0v) is 77.6. The summed E-state index contributed by atoms with van der Waals surface area (Å²) in [6.45, 7) is 16.6. The highest BCUT2D eigenvalue weighted by molar-refractivity contribution is 5.97. The zero-order chi connectivity index (χ0) is 85.3. The molecule has 0 saturated heterocycles. The highest BCUT2D eigenvalue weighted by atomic mass is 35.5. The van der Waals surface area contributed by atoms with Gasteiger partial charge in [0.05, 0.1) is 58.9 Å². The molecule has 0 saturated carbocycles. The second kappa shape index (κ2) is 102. The van der Waals surface area contributed by atoms with Gasteiger partial charge in [-0.15, -0.1) is 0 Å². The number of quaternary nitrogens is 6. The first kappa shape index (κ1) is 137. The molecule has 6 atom stereocenters. The SMILES string of the molecule is C.C.C.CCCCCCCC(=O)O[C@@H](C(=O)CCC[NH3+])[C@@H](OC(=O)CCCCCCC)C(=O)NCC[NH3+].CCCCCCCCCC(=O)O[C@@H](C(=O)CCC[NH3+])[C@@H](OC(=O)CCCCCCCCC)C(=O)NCC[NH3+].CCCCCCCCCCCC(=O)O[C@@H](C(=O)CCC[NH3+])[C@@H](OC(=O)CCCCCCCCCCC)C(=O)NCC[NH3+].[Cl-].[Cl-].[Cl-].[Cl-]. The van der Waals surface area contributed by atoms with Crippen LogP contribution >= 0.6 is 0 Å². The van der Waals surface area contributed by atoms with Crippen molar-refractivity contribution < 1.29 is 170 Å². The average molecular weight is 1820 g/mol. The molecule has 27 nitrogen and oxygen atoms in total. The minimum absolute atomic E-state index is 0. The van der Waals surface area contributed by atoms with Crippen molar-refractivity contribution in [3.8, 4) is 0 Å². The fourth-order valence-electron chi connectivity index (χ4n) is 12.5. The van der Waals surface area contributed by atoms with E-state index in [-0.39, 0.29) is 149 Å². The maximum atomic E-state index is 13.1. The van der Waals surface area contributed by atoms with Gasteiger partial charge in [0, 0.05) is 77.0 Å². The van der Waals surface area contributed by atoms with Gasteiger partial charge in [-0.2, -0.15) is 0 Å². The Bertz CT molecular complexity index is 2310. The van der Waals surface area contributed by atoms with Crippen LogP contribution in [0.2, 0.25) is 0 Å². The topological polar surface area (TPSA) is 462 Å². The maximum absolute atomic E-state index is 13.1. The number of Topliss-reactive ketones (excluding diaryl/α,β-unsaturated/α-hetero) is 3. The van der Waals surface area contributed by atoms with Gasteiger partial charge in [-0.1, -0.05) is 295 Å². The van der Waals surface area contributed by atoms with Crippen molar-refractivity contribution in [1.29, 1.82) is 0 Å².